The van der Waals surface area contributed by atoms with Gasteiger partial charge in [-0.2, -0.15) is 0 Å². The smallest absolute Gasteiger partial charge is 0.300 e. The van der Waals surface area contributed by atoms with Crippen LogP contribution in [0.2, 0.25) is 0 Å². The van der Waals surface area contributed by atoms with E-state index in [-0.39, 0.29) is 17.2 Å². The lowest BCUT2D eigenvalue weighted by Crippen LogP contribution is -2.30. The molecule has 1 atom stereocenters. The van der Waals surface area contributed by atoms with Crippen LogP contribution in [0.1, 0.15) is 35.3 Å². The molecular weight excluding hydrogens is 418 g/mol. The molecule has 4 rings (SSSR count). The number of Topliss-reactive ketones (excluding diaryl/α,β-unsaturated/α-hetero) is 1. The van der Waals surface area contributed by atoms with E-state index in [0.717, 1.165) is 11.1 Å². The number of aryl methyl sites for hydroxylation is 2. The Morgan fingerprint density at radius 2 is 1.79 bits per heavy atom. The minimum absolute atomic E-state index is 0.0353. The minimum atomic E-state index is -0.930. The molecule has 33 heavy (non-hydrogen) atoms. The van der Waals surface area contributed by atoms with Crippen LogP contribution in [0, 0.1) is 13.8 Å². The standard InChI is InChI=1S/C26H23N3O4/c1-15-10-11-18(13-16(15)2)24(31)22-23(21-9-4-5-12-27-21)29(26(33)25(22)32)20-8-6-7-19(14-20)28-17(3)30/h4-14,23,31H,1-3H3,(H,28,30)/b24-22+. The maximum atomic E-state index is 13.2. The summed E-state index contributed by atoms with van der Waals surface area (Å²) >= 11 is 0. The molecule has 0 saturated carbocycles. The number of amides is 2. The Labute approximate surface area is 191 Å². The van der Waals surface area contributed by atoms with Gasteiger partial charge in [0.2, 0.25) is 5.91 Å². The van der Waals surface area contributed by atoms with Crippen molar-refractivity contribution < 1.29 is 19.5 Å². The van der Waals surface area contributed by atoms with E-state index < -0.39 is 17.7 Å². The first-order valence-electron chi connectivity index (χ1n) is 10.4. The van der Waals surface area contributed by atoms with E-state index in [0.29, 0.717) is 22.6 Å². The fraction of sp³-hybridized carbons (Fsp3) is 0.154. The number of carbonyl (C=O) groups is 3. The van der Waals surface area contributed by atoms with Gasteiger partial charge in [-0.05, 0) is 61.4 Å². The van der Waals surface area contributed by atoms with Crippen molar-refractivity contribution in [2.24, 2.45) is 0 Å². The molecule has 3 aromatic rings. The second kappa shape index (κ2) is 8.70. The Morgan fingerprint density at radius 3 is 2.45 bits per heavy atom. The fourth-order valence-corrected chi connectivity index (χ4v) is 3.90. The molecule has 0 aliphatic carbocycles. The number of ketones is 1. The third-order valence-electron chi connectivity index (χ3n) is 5.64. The van der Waals surface area contributed by atoms with Gasteiger partial charge >= 0.3 is 0 Å². The third-order valence-corrected chi connectivity index (χ3v) is 5.64. The van der Waals surface area contributed by atoms with Crippen molar-refractivity contribution >= 4 is 34.7 Å². The quantitative estimate of drug-likeness (QED) is 0.358. The van der Waals surface area contributed by atoms with Gasteiger partial charge in [-0.1, -0.05) is 24.3 Å². The number of carbonyl (C=O) groups excluding carboxylic acids is 3. The molecule has 7 nitrogen and oxygen atoms in total. The zero-order chi connectivity index (χ0) is 23.7. The van der Waals surface area contributed by atoms with Crippen molar-refractivity contribution in [3.05, 3.63) is 94.8 Å². The topological polar surface area (TPSA) is 99.6 Å². The molecule has 2 aromatic carbocycles. The lowest BCUT2D eigenvalue weighted by atomic mass is 9.96. The number of hydrogen-bond acceptors (Lipinski definition) is 5. The van der Waals surface area contributed by atoms with E-state index in [2.05, 4.69) is 10.3 Å². The monoisotopic (exact) mass is 441 g/mol. The zero-order valence-corrected chi connectivity index (χ0v) is 18.5. The zero-order valence-electron chi connectivity index (χ0n) is 18.5. The molecule has 7 heteroatoms. The van der Waals surface area contributed by atoms with E-state index in [4.69, 9.17) is 0 Å². The first-order chi connectivity index (χ1) is 15.8. The number of nitrogens with zero attached hydrogens (tertiary/aromatic N) is 2. The molecule has 2 amide bonds. The minimum Gasteiger partial charge on any atom is -0.507 e. The highest BCUT2D eigenvalue weighted by molar-refractivity contribution is 6.51. The van der Waals surface area contributed by atoms with Crippen LogP contribution >= 0.6 is 0 Å². The Kier molecular flexibility index (Phi) is 5.79. The first kappa shape index (κ1) is 22.0. The van der Waals surface area contributed by atoms with Crippen LogP contribution in [0.3, 0.4) is 0 Å². The van der Waals surface area contributed by atoms with E-state index in [9.17, 15) is 19.5 Å². The SMILES string of the molecule is CC(=O)Nc1cccc(N2C(=O)C(=O)/C(=C(/O)c3ccc(C)c(C)c3)C2c2ccccn2)c1. The van der Waals surface area contributed by atoms with Crippen molar-refractivity contribution in [2.75, 3.05) is 10.2 Å². The highest BCUT2D eigenvalue weighted by Gasteiger charge is 2.47. The molecule has 1 aliphatic rings. The maximum Gasteiger partial charge on any atom is 0.300 e. The molecule has 1 aliphatic heterocycles. The lowest BCUT2D eigenvalue weighted by molar-refractivity contribution is -0.132. The molecule has 1 saturated heterocycles. The van der Waals surface area contributed by atoms with E-state index in [1.807, 2.05) is 19.9 Å². The van der Waals surface area contributed by atoms with Crippen molar-refractivity contribution in [1.29, 1.82) is 0 Å². The van der Waals surface area contributed by atoms with E-state index in [1.54, 1.807) is 60.8 Å². The van der Waals surface area contributed by atoms with Crippen LogP contribution in [0.15, 0.2) is 72.4 Å². The Morgan fingerprint density at radius 1 is 1.00 bits per heavy atom. The van der Waals surface area contributed by atoms with Crippen LogP contribution in [0.5, 0.6) is 0 Å². The normalized spacial score (nSPS) is 17.3. The predicted molar refractivity (Wildman–Crippen MR) is 126 cm³/mol. The summed E-state index contributed by atoms with van der Waals surface area (Å²) in [5, 5.41) is 13.9. The van der Waals surface area contributed by atoms with Gasteiger partial charge in [0.1, 0.15) is 11.8 Å². The van der Waals surface area contributed by atoms with Gasteiger partial charge in [0.05, 0.1) is 11.3 Å². The van der Waals surface area contributed by atoms with Gasteiger partial charge in [0.25, 0.3) is 11.7 Å². The molecule has 2 heterocycles. The average Bonchev–Trinajstić information content (AvgIpc) is 3.06. The molecule has 1 unspecified atom stereocenters. The number of pyridine rings is 1. The highest BCUT2D eigenvalue weighted by atomic mass is 16.3. The summed E-state index contributed by atoms with van der Waals surface area (Å²) < 4.78 is 0. The molecule has 0 radical (unpaired) electrons. The summed E-state index contributed by atoms with van der Waals surface area (Å²) in [6, 6.07) is 16.3. The molecule has 0 spiro atoms. The highest BCUT2D eigenvalue weighted by Crippen LogP contribution is 2.42. The number of nitrogens with one attached hydrogen (secondary N) is 1. The van der Waals surface area contributed by atoms with Gasteiger partial charge in [-0.3, -0.25) is 24.3 Å². The molecule has 2 N–H and O–H groups in total. The Balaban J connectivity index is 1.91. The van der Waals surface area contributed by atoms with E-state index in [1.165, 1.54) is 11.8 Å². The van der Waals surface area contributed by atoms with Crippen LogP contribution in [-0.4, -0.2) is 27.7 Å². The number of rotatable bonds is 4. The third kappa shape index (κ3) is 4.13. The largest absolute Gasteiger partial charge is 0.507 e. The summed E-state index contributed by atoms with van der Waals surface area (Å²) in [5.41, 5.74) is 3.73. The molecule has 1 aromatic heterocycles. The van der Waals surface area contributed by atoms with Gasteiger partial charge < -0.3 is 10.4 Å². The Bertz CT molecular complexity index is 1300. The summed E-state index contributed by atoms with van der Waals surface area (Å²) in [6.45, 7) is 5.25. The number of anilines is 2. The van der Waals surface area contributed by atoms with Gasteiger partial charge in [0.15, 0.2) is 0 Å². The van der Waals surface area contributed by atoms with Gasteiger partial charge in [-0.15, -0.1) is 0 Å². The maximum absolute atomic E-state index is 13.2. The van der Waals surface area contributed by atoms with Crippen LogP contribution in [0.4, 0.5) is 11.4 Å². The van der Waals surface area contributed by atoms with Crippen LogP contribution in [0.25, 0.3) is 5.76 Å². The second-order valence-corrected chi connectivity index (χ2v) is 7.95. The summed E-state index contributed by atoms with van der Waals surface area (Å²) in [6.07, 6.45) is 1.57. The summed E-state index contributed by atoms with van der Waals surface area (Å²) in [7, 11) is 0. The van der Waals surface area contributed by atoms with Crippen LogP contribution < -0.4 is 10.2 Å². The second-order valence-electron chi connectivity index (χ2n) is 7.95. The number of benzene rings is 2. The fourth-order valence-electron chi connectivity index (χ4n) is 3.90. The summed E-state index contributed by atoms with van der Waals surface area (Å²) in [5.74, 6) is -2.10. The number of aliphatic hydroxyl groups is 1. The molecule has 0 bridgehead atoms. The average molecular weight is 441 g/mol. The Hall–Kier alpha value is -4.26. The van der Waals surface area contributed by atoms with Gasteiger partial charge in [-0.25, -0.2) is 0 Å². The van der Waals surface area contributed by atoms with Gasteiger partial charge in [0, 0.05) is 30.1 Å². The van der Waals surface area contributed by atoms with Crippen molar-refractivity contribution in [3.8, 4) is 0 Å². The van der Waals surface area contributed by atoms with Crippen molar-refractivity contribution in [2.45, 2.75) is 26.8 Å². The predicted octanol–water partition coefficient (Wildman–Crippen LogP) is 4.28. The van der Waals surface area contributed by atoms with E-state index >= 15 is 0 Å². The molecule has 1 fully saturated rings. The number of hydrogen-bond donors (Lipinski definition) is 2. The first-order valence-corrected chi connectivity index (χ1v) is 10.4. The van der Waals surface area contributed by atoms with Crippen molar-refractivity contribution in [1.82, 2.24) is 4.98 Å². The van der Waals surface area contributed by atoms with Crippen molar-refractivity contribution in [3.63, 3.8) is 0 Å². The molecule has 166 valence electrons. The summed E-state index contributed by atoms with van der Waals surface area (Å²) in [4.78, 5) is 43.6. The lowest BCUT2D eigenvalue weighted by Gasteiger charge is -2.25. The number of aliphatic hydroxyl groups excluding tert-OH is 1. The number of aromatic nitrogens is 1. The molecular formula is C26H23N3O4. The van der Waals surface area contributed by atoms with Crippen LogP contribution in [-0.2, 0) is 14.4 Å².